The molecular formula is C23H35N5O2. The summed E-state index contributed by atoms with van der Waals surface area (Å²) in [4.78, 5) is 14.4. The second-order valence-corrected chi connectivity index (χ2v) is 9.00. The molecule has 7 nitrogen and oxygen atoms in total. The maximum atomic E-state index is 6.20. The predicted molar refractivity (Wildman–Crippen MR) is 121 cm³/mol. The Hall–Kier alpha value is -2.12. The molecule has 2 aliphatic rings. The van der Waals surface area contributed by atoms with E-state index in [2.05, 4.69) is 42.1 Å². The van der Waals surface area contributed by atoms with E-state index in [1.807, 2.05) is 13.1 Å². The molecule has 3 heterocycles. The highest BCUT2D eigenvalue weighted by atomic mass is 16.5. The Bertz CT molecular complexity index is 874. The van der Waals surface area contributed by atoms with Crippen molar-refractivity contribution in [2.24, 2.45) is 5.92 Å². The van der Waals surface area contributed by atoms with Gasteiger partial charge in [-0.3, -0.25) is 0 Å². The maximum Gasteiger partial charge on any atom is 0.223 e. The van der Waals surface area contributed by atoms with E-state index in [-0.39, 0.29) is 0 Å². The molecule has 1 aromatic heterocycles. The number of likely N-dealkylation sites (tertiary alicyclic amines) is 2. The second-order valence-electron chi connectivity index (χ2n) is 9.00. The lowest BCUT2D eigenvalue weighted by atomic mass is 9.91. The number of aromatic nitrogens is 2. The van der Waals surface area contributed by atoms with Gasteiger partial charge in [0.2, 0.25) is 5.95 Å². The lowest BCUT2D eigenvalue weighted by Crippen LogP contribution is -2.52. The third-order valence-corrected chi connectivity index (χ3v) is 6.53. The Morgan fingerprint density at radius 3 is 2.50 bits per heavy atom. The number of nitrogens with one attached hydrogen (secondary N) is 1. The molecular weight excluding hydrogens is 378 g/mol. The average molecular weight is 414 g/mol. The number of hydrogen-bond acceptors (Lipinski definition) is 7. The first kappa shape index (κ1) is 21.1. The summed E-state index contributed by atoms with van der Waals surface area (Å²) < 4.78 is 11.9. The van der Waals surface area contributed by atoms with Crippen LogP contribution < -0.4 is 14.8 Å². The molecule has 30 heavy (non-hydrogen) atoms. The van der Waals surface area contributed by atoms with Crippen molar-refractivity contribution < 1.29 is 9.47 Å². The zero-order valence-electron chi connectivity index (χ0n) is 18.9. The lowest BCUT2D eigenvalue weighted by molar-refractivity contribution is 0.0369. The van der Waals surface area contributed by atoms with Gasteiger partial charge in [-0.1, -0.05) is 0 Å². The highest BCUT2D eigenvalue weighted by Gasteiger charge is 2.29. The Morgan fingerprint density at radius 2 is 1.87 bits per heavy atom. The van der Waals surface area contributed by atoms with Gasteiger partial charge in [0.25, 0.3) is 0 Å². The van der Waals surface area contributed by atoms with Crippen molar-refractivity contribution in [3.63, 3.8) is 0 Å². The minimum Gasteiger partial charge on any atom is -0.493 e. The standard InChI is InChI=1S/C23H35N5O2/c1-15(2)28-12-16(13-28)14-30-21-11-19-18(10-20(21)29-5)22(26-23(24-3)25-19)17-6-8-27(4)9-7-17/h10-11,15-17H,6-9,12-14H2,1-5H3,(H,24,25,26). The van der Waals surface area contributed by atoms with Crippen molar-refractivity contribution in [1.82, 2.24) is 19.8 Å². The Morgan fingerprint density at radius 1 is 1.13 bits per heavy atom. The van der Waals surface area contributed by atoms with Gasteiger partial charge >= 0.3 is 0 Å². The molecule has 0 saturated carbocycles. The van der Waals surface area contributed by atoms with E-state index in [4.69, 9.17) is 19.4 Å². The van der Waals surface area contributed by atoms with Crippen LogP contribution in [0.15, 0.2) is 12.1 Å². The van der Waals surface area contributed by atoms with Crippen LogP contribution in [-0.2, 0) is 0 Å². The first-order chi connectivity index (χ1) is 14.5. The largest absolute Gasteiger partial charge is 0.493 e. The highest BCUT2D eigenvalue weighted by Crippen LogP contribution is 2.38. The molecule has 0 bridgehead atoms. The van der Waals surface area contributed by atoms with Crippen LogP contribution >= 0.6 is 0 Å². The van der Waals surface area contributed by atoms with E-state index < -0.39 is 0 Å². The fraction of sp³-hybridized carbons (Fsp3) is 0.652. The summed E-state index contributed by atoms with van der Waals surface area (Å²) in [5, 5.41) is 4.20. The van der Waals surface area contributed by atoms with Gasteiger partial charge in [-0.15, -0.1) is 0 Å². The smallest absolute Gasteiger partial charge is 0.223 e. The molecule has 0 atom stereocenters. The molecule has 0 radical (unpaired) electrons. The molecule has 164 valence electrons. The highest BCUT2D eigenvalue weighted by molar-refractivity contribution is 5.86. The molecule has 2 fully saturated rings. The average Bonchev–Trinajstić information content (AvgIpc) is 2.71. The maximum absolute atomic E-state index is 6.20. The fourth-order valence-electron chi connectivity index (χ4n) is 4.48. The van der Waals surface area contributed by atoms with Gasteiger partial charge in [-0.2, -0.15) is 0 Å². The van der Waals surface area contributed by atoms with Crippen LogP contribution in [0.5, 0.6) is 11.5 Å². The Kier molecular flexibility index (Phi) is 6.29. The van der Waals surface area contributed by atoms with Crippen LogP contribution in [0.2, 0.25) is 0 Å². The van der Waals surface area contributed by atoms with E-state index in [0.717, 1.165) is 67.1 Å². The molecule has 0 unspecified atom stereocenters. The van der Waals surface area contributed by atoms with E-state index >= 15 is 0 Å². The van der Waals surface area contributed by atoms with Gasteiger partial charge in [-0.25, -0.2) is 9.97 Å². The summed E-state index contributed by atoms with van der Waals surface area (Å²) in [5.41, 5.74) is 2.03. The number of methoxy groups -OCH3 is 1. The summed E-state index contributed by atoms with van der Waals surface area (Å²) in [7, 11) is 5.76. The SMILES string of the molecule is CNc1nc(C2CCN(C)CC2)c2cc(OC)c(OCC3CN(C(C)C)C3)cc2n1. The summed E-state index contributed by atoms with van der Waals surface area (Å²) in [6.45, 7) is 9.57. The number of benzene rings is 1. The van der Waals surface area contributed by atoms with Gasteiger partial charge in [0.1, 0.15) is 0 Å². The second kappa shape index (κ2) is 8.94. The Balaban J connectivity index is 1.60. The molecule has 0 aliphatic carbocycles. The molecule has 7 heteroatoms. The van der Waals surface area contributed by atoms with Crippen molar-refractivity contribution >= 4 is 16.9 Å². The van der Waals surface area contributed by atoms with Crippen LogP contribution in [0.4, 0.5) is 5.95 Å². The van der Waals surface area contributed by atoms with Crippen LogP contribution in [0.1, 0.15) is 38.3 Å². The normalized spacial score (nSPS) is 19.3. The van der Waals surface area contributed by atoms with Crippen LogP contribution in [0.25, 0.3) is 10.9 Å². The number of piperidine rings is 1. The van der Waals surface area contributed by atoms with Gasteiger partial charge < -0.3 is 24.6 Å². The first-order valence-electron chi connectivity index (χ1n) is 11.1. The number of fused-ring (bicyclic) bond motifs is 1. The van der Waals surface area contributed by atoms with Gasteiger partial charge in [-0.05, 0) is 52.9 Å². The number of rotatable bonds is 7. The molecule has 4 rings (SSSR count). The third-order valence-electron chi connectivity index (χ3n) is 6.53. The third kappa shape index (κ3) is 4.32. The molecule has 2 aliphatic heterocycles. The van der Waals surface area contributed by atoms with E-state index in [9.17, 15) is 0 Å². The molecule has 2 saturated heterocycles. The fourth-order valence-corrected chi connectivity index (χ4v) is 4.48. The zero-order valence-corrected chi connectivity index (χ0v) is 18.9. The summed E-state index contributed by atoms with van der Waals surface area (Å²) in [6, 6.07) is 4.69. The monoisotopic (exact) mass is 413 g/mol. The Labute approximate surface area is 179 Å². The van der Waals surface area contributed by atoms with Crippen LogP contribution in [0, 0.1) is 5.92 Å². The number of hydrogen-bond donors (Lipinski definition) is 1. The van der Waals surface area contributed by atoms with Crippen molar-refractivity contribution in [1.29, 1.82) is 0 Å². The molecule has 0 amide bonds. The molecule has 2 aromatic rings. The summed E-state index contributed by atoms with van der Waals surface area (Å²) in [6.07, 6.45) is 2.22. The van der Waals surface area contributed by atoms with Crippen molar-refractivity contribution in [2.45, 2.75) is 38.6 Å². The van der Waals surface area contributed by atoms with Gasteiger partial charge in [0.05, 0.1) is 24.9 Å². The quantitative estimate of drug-likeness (QED) is 0.748. The number of nitrogens with zero attached hydrogens (tertiary/aromatic N) is 4. The van der Waals surface area contributed by atoms with E-state index in [1.54, 1.807) is 7.11 Å². The molecule has 0 spiro atoms. The predicted octanol–water partition coefficient (Wildman–Crippen LogP) is 3.21. The van der Waals surface area contributed by atoms with Crippen molar-refractivity contribution in [3.05, 3.63) is 17.8 Å². The minimum absolute atomic E-state index is 0.437. The topological polar surface area (TPSA) is 62.8 Å². The van der Waals surface area contributed by atoms with E-state index in [1.165, 1.54) is 0 Å². The molecule has 1 aromatic carbocycles. The van der Waals surface area contributed by atoms with Crippen LogP contribution in [-0.4, -0.2) is 79.8 Å². The summed E-state index contributed by atoms with van der Waals surface area (Å²) >= 11 is 0. The number of anilines is 1. The van der Waals surface area contributed by atoms with E-state index in [0.29, 0.717) is 30.4 Å². The van der Waals surface area contributed by atoms with Crippen molar-refractivity contribution in [2.75, 3.05) is 59.3 Å². The lowest BCUT2D eigenvalue weighted by Gasteiger charge is -2.41. The van der Waals surface area contributed by atoms with Crippen molar-refractivity contribution in [3.8, 4) is 11.5 Å². The number of ether oxygens (including phenoxy) is 2. The van der Waals surface area contributed by atoms with Gasteiger partial charge in [0.15, 0.2) is 11.5 Å². The first-order valence-corrected chi connectivity index (χ1v) is 11.1. The van der Waals surface area contributed by atoms with Crippen LogP contribution in [0.3, 0.4) is 0 Å². The summed E-state index contributed by atoms with van der Waals surface area (Å²) in [5.74, 6) is 3.20. The van der Waals surface area contributed by atoms with Gasteiger partial charge in [0, 0.05) is 49.5 Å². The minimum atomic E-state index is 0.437. The molecule has 1 N–H and O–H groups in total. The zero-order chi connectivity index (χ0) is 21.3.